The quantitative estimate of drug-likeness (QED) is 0.713. The van der Waals surface area contributed by atoms with Crippen LogP contribution in [0.15, 0.2) is 66.1 Å². The van der Waals surface area contributed by atoms with E-state index in [0.29, 0.717) is 10.8 Å². The third-order valence-electron chi connectivity index (χ3n) is 3.10. The Morgan fingerprint density at radius 3 is 2.57 bits per heavy atom. The van der Waals surface area contributed by atoms with Gasteiger partial charge in [0.25, 0.3) is 0 Å². The summed E-state index contributed by atoms with van der Waals surface area (Å²) in [5, 5.41) is 5.05. The molecule has 0 unspecified atom stereocenters. The number of amides is 1. The van der Waals surface area contributed by atoms with Gasteiger partial charge >= 0.3 is 0 Å². The summed E-state index contributed by atoms with van der Waals surface area (Å²) in [5.41, 5.74) is 2.47. The number of rotatable bonds is 4. The van der Waals surface area contributed by atoms with Crippen LogP contribution in [-0.2, 0) is 4.79 Å². The van der Waals surface area contributed by atoms with E-state index in [-0.39, 0.29) is 11.7 Å². The zero-order chi connectivity index (χ0) is 16.1. The molecule has 23 heavy (non-hydrogen) atoms. The lowest BCUT2D eigenvalue weighted by molar-refractivity contribution is -0.111. The molecule has 1 N–H and O–H groups in total. The first kappa shape index (κ1) is 15.1. The SMILES string of the molecule is O=C(/C=C/c1ccccc1)Nc1nc(-c2ccc(F)cc2)cs1. The largest absolute Gasteiger partial charge is 0.298 e. The molecule has 1 amide bonds. The fourth-order valence-corrected chi connectivity index (χ4v) is 2.69. The van der Waals surface area contributed by atoms with Crippen molar-refractivity contribution in [1.29, 1.82) is 0 Å². The van der Waals surface area contributed by atoms with E-state index < -0.39 is 0 Å². The van der Waals surface area contributed by atoms with Crippen LogP contribution in [0.1, 0.15) is 5.56 Å². The molecule has 0 atom stereocenters. The lowest BCUT2D eigenvalue weighted by Gasteiger charge is -1.97. The van der Waals surface area contributed by atoms with Crippen molar-refractivity contribution in [3.8, 4) is 11.3 Å². The fraction of sp³-hybridized carbons (Fsp3) is 0. The van der Waals surface area contributed by atoms with Crippen molar-refractivity contribution < 1.29 is 9.18 Å². The van der Waals surface area contributed by atoms with Gasteiger partial charge in [0.05, 0.1) is 5.69 Å². The number of aromatic nitrogens is 1. The maximum Gasteiger partial charge on any atom is 0.250 e. The van der Waals surface area contributed by atoms with Crippen LogP contribution in [0, 0.1) is 5.82 Å². The summed E-state index contributed by atoms with van der Waals surface area (Å²) in [6, 6.07) is 15.7. The van der Waals surface area contributed by atoms with Crippen molar-refractivity contribution in [1.82, 2.24) is 4.98 Å². The lowest BCUT2D eigenvalue weighted by atomic mass is 10.2. The van der Waals surface area contributed by atoms with Crippen LogP contribution in [0.4, 0.5) is 9.52 Å². The lowest BCUT2D eigenvalue weighted by Crippen LogP contribution is -2.07. The van der Waals surface area contributed by atoms with Gasteiger partial charge in [-0.15, -0.1) is 11.3 Å². The van der Waals surface area contributed by atoms with Crippen LogP contribution in [0.25, 0.3) is 17.3 Å². The van der Waals surface area contributed by atoms with Gasteiger partial charge in [-0.25, -0.2) is 9.37 Å². The molecule has 0 aliphatic rings. The molecule has 1 heterocycles. The predicted molar refractivity (Wildman–Crippen MR) is 91.6 cm³/mol. The topological polar surface area (TPSA) is 42.0 Å². The highest BCUT2D eigenvalue weighted by Crippen LogP contribution is 2.25. The normalized spacial score (nSPS) is 10.8. The van der Waals surface area contributed by atoms with E-state index in [4.69, 9.17) is 0 Å². The second-order valence-corrected chi connectivity index (χ2v) is 5.64. The molecule has 0 fully saturated rings. The van der Waals surface area contributed by atoms with E-state index in [1.54, 1.807) is 18.2 Å². The monoisotopic (exact) mass is 324 g/mol. The molecule has 0 radical (unpaired) electrons. The van der Waals surface area contributed by atoms with Gasteiger partial charge in [0.1, 0.15) is 5.82 Å². The summed E-state index contributed by atoms with van der Waals surface area (Å²) in [6.07, 6.45) is 3.21. The Balaban J connectivity index is 1.66. The average molecular weight is 324 g/mol. The molecule has 0 bridgehead atoms. The molecule has 3 nitrogen and oxygen atoms in total. The Hall–Kier alpha value is -2.79. The number of hydrogen-bond donors (Lipinski definition) is 1. The van der Waals surface area contributed by atoms with Gasteiger partial charge in [0, 0.05) is 17.0 Å². The molecule has 5 heteroatoms. The first-order valence-electron chi connectivity index (χ1n) is 6.96. The second-order valence-electron chi connectivity index (χ2n) is 4.78. The summed E-state index contributed by atoms with van der Waals surface area (Å²) >= 11 is 1.33. The van der Waals surface area contributed by atoms with Crippen LogP contribution in [0.3, 0.4) is 0 Å². The minimum absolute atomic E-state index is 0.242. The Bertz CT molecular complexity index is 826. The Labute approximate surface area is 137 Å². The zero-order valence-electron chi connectivity index (χ0n) is 12.1. The molecule has 3 rings (SSSR count). The Kier molecular flexibility index (Phi) is 4.59. The van der Waals surface area contributed by atoms with Crippen molar-refractivity contribution in [2.75, 3.05) is 5.32 Å². The van der Waals surface area contributed by atoms with E-state index in [0.717, 1.165) is 11.1 Å². The highest BCUT2D eigenvalue weighted by atomic mass is 32.1. The first-order chi connectivity index (χ1) is 11.2. The van der Waals surface area contributed by atoms with Crippen LogP contribution >= 0.6 is 11.3 Å². The van der Waals surface area contributed by atoms with E-state index in [2.05, 4.69) is 10.3 Å². The highest BCUT2D eigenvalue weighted by molar-refractivity contribution is 7.14. The summed E-state index contributed by atoms with van der Waals surface area (Å²) < 4.78 is 12.9. The molecular weight excluding hydrogens is 311 g/mol. The van der Waals surface area contributed by atoms with E-state index in [9.17, 15) is 9.18 Å². The molecule has 0 saturated heterocycles. The number of hydrogen-bond acceptors (Lipinski definition) is 3. The average Bonchev–Trinajstić information content (AvgIpc) is 3.03. The molecule has 0 spiro atoms. The molecule has 114 valence electrons. The van der Waals surface area contributed by atoms with Crippen molar-refractivity contribution >= 4 is 28.5 Å². The van der Waals surface area contributed by atoms with Crippen molar-refractivity contribution in [3.05, 3.63) is 77.4 Å². The minimum atomic E-state index is -0.288. The van der Waals surface area contributed by atoms with Gasteiger partial charge in [-0.1, -0.05) is 30.3 Å². The number of nitrogens with zero attached hydrogens (tertiary/aromatic N) is 1. The first-order valence-corrected chi connectivity index (χ1v) is 7.84. The smallest absolute Gasteiger partial charge is 0.250 e. The van der Waals surface area contributed by atoms with Gasteiger partial charge in [-0.05, 0) is 35.9 Å². The number of halogens is 1. The molecule has 1 aromatic heterocycles. The van der Waals surface area contributed by atoms with Crippen molar-refractivity contribution in [2.45, 2.75) is 0 Å². The molecule has 2 aromatic carbocycles. The Morgan fingerprint density at radius 2 is 1.83 bits per heavy atom. The maximum absolute atomic E-state index is 12.9. The summed E-state index contributed by atoms with van der Waals surface area (Å²) in [7, 11) is 0. The van der Waals surface area contributed by atoms with Crippen LogP contribution < -0.4 is 5.32 Å². The third-order valence-corrected chi connectivity index (χ3v) is 3.86. The summed E-state index contributed by atoms with van der Waals surface area (Å²) in [4.78, 5) is 16.2. The van der Waals surface area contributed by atoms with E-state index in [1.165, 1.54) is 29.5 Å². The highest BCUT2D eigenvalue weighted by Gasteiger charge is 2.06. The number of carbonyl (C=O) groups is 1. The molecule has 0 saturated carbocycles. The third kappa shape index (κ3) is 4.11. The fourth-order valence-electron chi connectivity index (χ4n) is 1.97. The number of benzene rings is 2. The van der Waals surface area contributed by atoms with Gasteiger partial charge in [-0.2, -0.15) is 0 Å². The number of nitrogens with one attached hydrogen (secondary N) is 1. The summed E-state index contributed by atoms with van der Waals surface area (Å²) in [5.74, 6) is -0.530. The van der Waals surface area contributed by atoms with Crippen molar-refractivity contribution in [2.24, 2.45) is 0 Å². The maximum atomic E-state index is 12.9. The number of anilines is 1. The predicted octanol–water partition coefficient (Wildman–Crippen LogP) is 4.60. The van der Waals surface area contributed by atoms with Crippen LogP contribution in [0.2, 0.25) is 0 Å². The van der Waals surface area contributed by atoms with Crippen molar-refractivity contribution in [3.63, 3.8) is 0 Å². The second kappa shape index (κ2) is 6.98. The summed E-state index contributed by atoms with van der Waals surface area (Å²) in [6.45, 7) is 0. The molecule has 0 aliphatic heterocycles. The number of carbonyl (C=O) groups excluding carboxylic acids is 1. The van der Waals surface area contributed by atoms with Gasteiger partial charge in [-0.3, -0.25) is 10.1 Å². The standard InChI is InChI=1S/C18H13FN2OS/c19-15-9-7-14(8-10-15)16-12-23-18(20-16)21-17(22)11-6-13-4-2-1-3-5-13/h1-12H,(H,20,21,22)/b11-6+. The van der Waals surface area contributed by atoms with E-state index >= 15 is 0 Å². The molecular formula is C18H13FN2OS. The minimum Gasteiger partial charge on any atom is -0.298 e. The molecule has 3 aromatic rings. The van der Waals surface area contributed by atoms with E-state index in [1.807, 2.05) is 35.7 Å². The van der Waals surface area contributed by atoms with Gasteiger partial charge in [0.15, 0.2) is 5.13 Å². The van der Waals surface area contributed by atoms with Gasteiger partial charge < -0.3 is 0 Å². The number of thiazole rings is 1. The zero-order valence-corrected chi connectivity index (χ0v) is 12.9. The Morgan fingerprint density at radius 1 is 1.09 bits per heavy atom. The van der Waals surface area contributed by atoms with Gasteiger partial charge in [0.2, 0.25) is 5.91 Å². The van der Waals surface area contributed by atoms with Crippen LogP contribution in [0.5, 0.6) is 0 Å². The van der Waals surface area contributed by atoms with Crippen LogP contribution in [-0.4, -0.2) is 10.9 Å². The molecule has 0 aliphatic carbocycles.